The van der Waals surface area contributed by atoms with E-state index in [0.717, 1.165) is 28.3 Å². The summed E-state index contributed by atoms with van der Waals surface area (Å²) >= 11 is 5.97. The molecule has 0 fully saturated rings. The van der Waals surface area contributed by atoms with E-state index in [4.69, 9.17) is 11.6 Å². The molecule has 0 aliphatic heterocycles. The van der Waals surface area contributed by atoms with Gasteiger partial charge in [0.15, 0.2) is 0 Å². The van der Waals surface area contributed by atoms with Crippen LogP contribution in [0.2, 0.25) is 5.02 Å². The van der Waals surface area contributed by atoms with Gasteiger partial charge < -0.3 is 4.98 Å². The predicted octanol–water partition coefficient (Wildman–Crippen LogP) is 4.83. The molecule has 0 aliphatic carbocycles. The maximum absolute atomic E-state index is 5.97. The van der Waals surface area contributed by atoms with Crippen LogP contribution in [0.1, 0.15) is 39.9 Å². The normalized spacial score (nSPS) is 14.1. The molecule has 0 spiro atoms. The summed E-state index contributed by atoms with van der Waals surface area (Å²) in [6.07, 6.45) is 2.19. The smallest absolute Gasteiger partial charge is 0.107 e. The van der Waals surface area contributed by atoms with Crippen LogP contribution in [0.3, 0.4) is 0 Å². The van der Waals surface area contributed by atoms with Crippen molar-refractivity contribution in [3.63, 3.8) is 0 Å². The zero-order valence-electron chi connectivity index (χ0n) is 11.5. The molecule has 2 rings (SSSR count). The van der Waals surface area contributed by atoms with Gasteiger partial charge in [-0.25, -0.2) is 4.98 Å². The van der Waals surface area contributed by atoms with Crippen molar-refractivity contribution in [2.24, 2.45) is 11.3 Å². The predicted molar refractivity (Wildman–Crippen MR) is 78.0 cm³/mol. The van der Waals surface area contributed by atoms with Gasteiger partial charge in [-0.1, -0.05) is 39.3 Å². The van der Waals surface area contributed by atoms with Crippen LogP contribution in [0.25, 0.3) is 11.0 Å². The van der Waals surface area contributed by atoms with Crippen molar-refractivity contribution in [2.45, 2.75) is 40.5 Å². The second-order valence-electron chi connectivity index (χ2n) is 6.42. The van der Waals surface area contributed by atoms with Gasteiger partial charge in [0.1, 0.15) is 5.82 Å². The maximum atomic E-state index is 5.97. The molecular formula is C15H21ClN2. The molecule has 2 nitrogen and oxygen atoms in total. The Morgan fingerprint density at radius 1 is 1.33 bits per heavy atom. The lowest BCUT2D eigenvalue weighted by molar-refractivity contribution is 0.304. The lowest BCUT2D eigenvalue weighted by Gasteiger charge is -2.22. The SMILES string of the molecule is CC(Cc1nc2ccc(Cl)cc2[nH]1)CC(C)(C)C. The van der Waals surface area contributed by atoms with E-state index in [9.17, 15) is 0 Å². The Labute approximate surface area is 114 Å². The van der Waals surface area contributed by atoms with Crippen molar-refractivity contribution in [3.05, 3.63) is 29.0 Å². The number of hydrogen-bond acceptors (Lipinski definition) is 1. The molecule has 0 saturated carbocycles. The second-order valence-corrected chi connectivity index (χ2v) is 6.86. The molecule has 0 saturated heterocycles. The van der Waals surface area contributed by atoms with E-state index < -0.39 is 0 Å². The summed E-state index contributed by atoms with van der Waals surface area (Å²) < 4.78 is 0. The van der Waals surface area contributed by atoms with E-state index in [1.807, 2.05) is 18.2 Å². The number of nitrogens with zero attached hydrogens (tertiary/aromatic N) is 1. The molecule has 1 unspecified atom stereocenters. The van der Waals surface area contributed by atoms with E-state index in [2.05, 4.69) is 37.7 Å². The summed E-state index contributed by atoms with van der Waals surface area (Å²) in [5.74, 6) is 1.69. The average molecular weight is 265 g/mol. The summed E-state index contributed by atoms with van der Waals surface area (Å²) in [5.41, 5.74) is 2.40. The molecule has 1 heterocycles. The number of aromatic nitrogens is 2. The maximum Gasteiger partial charge on any atom is 0.107 e. The quantitative estimate of drug-likeness (QED) is 0.845. The van der Waals surface area contributed by atoms with Crippen molar-refractivity contribution >= 4 is 22.6 Å². The molecule has 1 N–H and O–H groups in total. The van der Waals surface area contributed by atoms with E-state index in [1.54, 1.807) is 0 Å². The van der Waals surface area contributed by atoms with Crippen molar-refractivity contribution in [1.82, 2.24) is 9.97 Å². The molecule has 1 aromatic carbocycles. The van der Waals surface area contributed by atoms with Gasteiger partial charge >= 0.3 is 0 Å². The highest BCUT2D eigenvalue weighted by Gasteiger charge is 2.16. The molecular weight excluding hydrogens is 244 g/mol. The van der Waals surface area contributed by atoms with Crippen LogP contribution in [0.5, 0.6) is 0 Å². The fourth-order valence-electron chi connectivity index (χ4n) is 2.58. The molecule has 18 heavy (non-hydrogen) atoms. The van der Waals surface area contributed by atoms with Gasteiger partial charge in [-0.3, -0.25) is 0 Å². The third-order valence-corrected chi connectivity index (χ3v) is 3.23. The number of benzene rings is 1. The lowest BCUT2D eigenvalue weighted by Crippen LogP contribution is -2.13. The lowest BCUT2D eigenvalue weighted by atomic mass is 9.84. The highest BCUT2D eigenvalue weighted by atomic mass is 35.5. The third kappa shape index (κ3) is 3.49. The number of imidazole rings is 1. The summed E-state index contributed by atoms with van der Waals surface area (Å²) in [6.45, 7) is 9.12. The highest BCUT2D eigenvalue weighted by molar-refractivity contribution is 6.31. The van der Waals surface area contributed by atoms with Gasteiger partial charge in [0.2, 0.25) is 0 Å². The topological polar surface area (TPSA) is 28.7 Å². The van der Waals surface area contributed by atoms with Gasteiger partial charge in [0.25, 0.3) is 0 Å². The molecule has 0 aliphatic rings. The van der Waals surface area contributed by atoms with E-state index in [-0.39, 0.29) is 0 Å². The number of rotatable bonds is 3. The van der Waals surface area contributed by atoms with E-state index in [0.29, 0.717) is 11.3 Å². The number of nitrogens with one attached hydrogen (secondary N) is 1. The van der Waals surface area contributed by atoms with Crippen molar-refractivity contribution in [3.8, 4) is 0 Å². The Hall–Kier alpha value is -1.02. The summed E-state index contributed by atoms with van der Waals surface area (Å²) in [6, 6.07) is 5.78. The van der Waals surface area contributed by atoms with Gasteiger partial charge in [0.05, 0.1) is 11.0 Å². The molecule has 98 valence electrons. The molecule has 2 aromatic rings. The van der Waals surface area contributed by atoms with Crippen LogP contribution in [0.4, 0.5) is 0 Å². The fraction of sp³-hybridized carbons (Fsp3) is 0.533. The van der Waals surface area contributed by atoms with Crippen molar-refractivity contribution in [2.75, 3.05) is 0 Å². The van der Waals surface area contributed by atoms with Crippen LogP contribution in [0.15, 0.2) is 18.2 Å². The highest BCUT2D eigenvalue weighted by Crippen LogP contribution is 2.26. The summed E-state index contributed by atoms with van der Waals surface area (Å²) in [7, 11) is 0. The van der Waals surface area contributed by atoms with Crippen LogP contribution in [-0.4, -0.2) is 9.97 Å². The van der Waals surface area contributed by atoms with Gasteiger partial charge in [-0.05, 0) is 36.0 Å². The standard InChI is InChI=1S/C15H21ClN2/c1-10(9-15(2,3)4)7-14-17-12-6-5-11(16)8-13(12)18-14/h5-6,8,10H,7,9H2,1-4H3,(H,17,18). The van der Waals surface area contributed by atoms with Crippen LogP contribution < -0.4 is 0 Å². The van der Waals surface area contributed by atoms with Crippen LogP contribution in [0, 0.1) is 11.3 Å². The second kappa shape index (κ2) is 4.93. The first kappa shape index (κ1) is 13.4. The molecule has 3 heteroatoms. The Kier molecular flexibility index (Phi) is 3.67. The van der Waals surface area contributed by atoms with Gasteiger partial charge in [-0.15, -0.1) is 0 Å². The molecule has 0 radical (unpaired) electrons. The Morgan fingerprint density at radius 2 is 2.06 bits per heavy atom. The minimum absolute atomic E-state index is 0.370. The Bertz CT molecular complexity index is 537. The molecule has 0 amide bonds. The third-order valence-electron chi connectivity index (χ3n) is 3.00. The van der Waals surface area contributed by atoms with Gasteiger partial charge in [-0.2, -0.15) is 0 Å². The molecule has 1 aromatic heterocycles. The number of halogens is 1. The first-order chi connectivity index (χ1) is 8.33. The van der Waals surface area contributed by atoms with Crippen molar-refractivity contribution in [1.29, 1.82) is 0 Å². The van der Waals surface area contributed by atoms with E-state index >= 15 is 0 Å². The first-order valence-corrected chi connectivity index (χ1v) is 6.85. The Balaban J connectivity index is 2.12. The number of H-pyrrole nitrogens is 1. The summed E-state index contributed by atoms with van der Waals surface area (Å²) in [4.78, 5) is 7.97. The zero-order valence-corrected chi connectivity index (χ0v) is 12.3. The number of hydrogen-bond donors (Lipinski definition) is 1. The molecule has 0 bridgehead atoms. The minimum atomic E-state index is 0.370. The molecule has 1 atom stereocenters. The number of aromatic amines is 1. The largest absolute Gasteiger partial charge is 0.342 e. The van der Waals surface area contributed by atoms with E-state index in [1.165, 1.54) is 6.42 Å². The minimum Gasteiger partial charge on any atom is -0.342 e. The average Bonchev–Trinajstić information content (AvgIpc) is 2.55. The van der Waals surface area contributed by atoms with Crippen molar-refractivity contribution < 1.29 is 0 Å². The first-order valence-electron chi connectivity index (χ1n) is 6.48. The summed E-state index contributed by atoms with van der Waals surface area (Å²) in [5, 5.41) is 0.750. The Morgan fingerprint density at radius 3 is 2.72 bits per heavy atom. The monoisotopic (exact) mass is 264 g/mol. The van der Waals surface area contributed by atoms with Gasteiger partial charge in [0, 0.05) is 11.4 Å². The van der Waals surface area contributed by atoms with Crippen LogP contribution >= 0.6 is 11.6 Å². The van der Waals surface area contributed by atoms with Crippen LogP contribution in [-0.2, 0) is 6.42 Å². The number of fused-ring (bicyclic) bond motifs is 1. The zero-order chi connectivity index (χ0) is 13.3. The fourth-order valence-corrected chi connectivity index (χ4v) is 2.75.